The smallest absolute Gasteiger partial charge is 0.257 e. The van der Waals surface area contributed by atoms with Gasteiger partial charge in [-0.3, -0.25) is 10.1 Å². The molecule has 2 N–H and O–H groups in total. The third kappa shape index (κ3) is 5.80. The molecule has 6 nitrogen and oxygen atoms in total. The van der Waals surface area contributed by atoms with Gasteiger partial charge in [0.25, 0.3) is 5.91 Å². The Balaban J connectivity index is 1.41. The van der Waals surface area contributed by atoms with Crippen molar-refractivity contribution < 1.29 is 13.9 Å². The van der Waals surface area contributed by atoms with Crippen molar-refractivity contribution in [2.45, 2.75) is 27.7 Å². The van der Waals surface area contributed by atoms with Crippen molar-refractivity contribution in [3.05, 3.63) is 77.4 Å². The van der Waals surface area contributed by atoms with E-state index < -0.39 is 0 Å². The molecule has 1 heterocycles. The van der Waals surface area contributed by atoms with Crippen LogP contribution in [0.3, 0.4) is 0 Å². The van der Waals surface area contributed by atoms with Gasteiger partial charge in [-0.05, 0) is 86.6 Å². The summed E-state index contributed by atoms with van der Waals surface area (Å²) in [5, 5.41) is 5.94. The molecule has 1 amide bonds. The Bertz CT molecular complexity index is 1320. The highest BCUT2D eigenvalue weighted by atomic mass is 32.1. The summed E-state index contributed by atoms with van der Waals surface area (Å²) >= 11 is 5.33. The van der Waals surface area contributed by atoms with Gasteiger partial charge >= 0.3 is 0 Å². The highest BCUT2D eigenvalue weighted by Gasteiger charge is 2.12. The van der Waals surface area contributed by atoms with E-state index in [0.717, 1.165) is 22.4 Å². The van der Waals surface area contributed by atoms with E-state index in [1.54, 1.807) is 24.3 Å². The van der Waals surface area contributed by atoms with Crippen LogP contribution < -0.4 is 15.4 Å². The number of aryl methyl sites for hydroxylation is 2. The summed E-state index contributed by atoms with van der Waals surface area (Å²) in [6.45, 7) is 8.89. The quantitative estimate of drug-likeness (QED) is 0.321. The number of amides is 1. The van der Waals surface area contributed by atoms with Crippen molar-refractivity contribution in [2.75, 3.05) is 11.9 Å². The number of nitrogens with zero attached hydrogens (tertiary/aromatic N) is 1. The minimum Gasteiger partial charge on any atom is -0.493 e. The predicted molar refractivity (Wildman–Crippen MR) is 139 cm³/mol. The maximum atomic E-state index is 12.5. The van der Waals surface area contributed by atoms with Crippen LogP contribution >= 0.6 is 12.2 Å². The number of nitrogens with one attached hydrogen (secondary N) is 2. The molecule has 0 bridgehead atoms. The molecule has 0 spiro atoms. The molecule has 0 aliphatic heterocycles. The highest BCUT2D eigenvalue weighted by Crippen LogP contribution is 2.27. The van der Waals surface area contributed by atoms with E-state index in [1.807, 2.05) is 44.2 Å². The first kappa shape index (κ1) is 23.4. The van der Waals surface area contributed by atoms with Gasteiger partial charge in [-0.1, -0.05) is 31.0 Å². The first-order valence-electron chi connectivity index (χ1n) is 11.1. The first-order chi connectivity index (χ1) is 16.3. The second-order valence-corrected chi connectivity index (χ2v) is 9.12. The Morgan fingerprint density at radius 2 is 1.74 bits per heavy atom. The molecular formula is C27H27N3O3S. The molecule has 0 unspecified atom stereocenters. The third-order valence-corrected chi connectivity index (χ3v) is 5.25. The Labute approximate surface area is 204 Å². The summed E-state index contributed by atoms with van der Waals surface area (Å²) in [6, 6.07) is 18.7. The van der Waals surface area contributed by atoms with Crippen LogP contribution in [0.25, 0.3) is 22.6 Å². The van der Waals surface area contributed by atoms with E-state index in [-0.39, 0.29) is 11.0 Å². The Hall–Kier alpha value is -3.71. The molecule has 7 heteroatoms. The largest absolute Gasteiger partial charge is 0.493 e. The molecule has 1 aromatic heterocycles. The number of oxazole rings is 1. The van der Waals surface area contributed by atoms with Gasteiger partial charge in [0.05, 0.1) is 6.61 Å². The zero-order chi connectivity index (χ0) is 24.2. The molecule has 4 aromatic rings. The topological polar surface area (TPSA) is 76.4 Å². The van der Waals surface area contributed by atoms with Crippen LogP contribution in [-0.2, 0) is 0 Å². The number of carbonyl (C=O) groups is 1. The maximum absolute atomic E-state index is 12.5. The number of anilines is 1. The number of rotatable bonds is 6. The molecule has 34 heavy (non-hydrogen) atoms. The lowest BCUT2D eigenvalue weighted by atomic mass is 10.1. The number of carbonyl (C=O) groups excluding carboxylic acids is 1. The van der Waals surface area contributed by atoms with Gasteiger partial charge in [0.1, 0.15) is 11.3 Å². The van der Waals surface area contributed by atoms with Gasteiger partial charge < -0.3 is 14.5 Å². The minimum absolute atomic E-state index is 0.197. The van der Waals surface area contributed by atoms with Crippen LogP contribution in [-0.4, -0.2) is 22.6 Å². The zero-order valence-corrected chi connectivity index (χ0v) is 20.5. The SMILES string of the molecule is Cc1cc(C)cc(-c2nc3cc(NC(=S)NC(=O)c4ccc(OCC(C)C)cc4)ccc3o2)c1. The van der Waals surface area contributed by atoms with Gasteiger partial charge in [-0.2, -0.15) is 0 Å². The second-order valence-electron chi connectivity index (χ2n) is 8.72. The molecule has 0 aliphatic carbocycles. The van der Waals surface area contributed by atoms with E-state index in [9.17, 15) is 4.79 Å². The molecule has 0 saturated carbocycles. The molecule has 4 rings (SSSR count). The van der Waals surface area contributed by atoms with Gasteiger partial charge in [0.15, 0.2) is 10.7 Å². The number of aromatic nitrogens is 1. The molecular weight excluding hydrogens is 446 g/mol. The van der Waals surface area contributed by atoms with Gasteiger partial charge in [0.2, 0.25) is 5.89 Å². The summed E-state index contributed by atoms with van der Waals surface area (Å²) < 4.78 is 11.6. The van der Waals surface area contributed by atoms with E-state index >= 15 is 0 Å². The van der Waals surface area contributed by atoms with Crippen LogP contribution in [0.2, 0.25) is 0 Å². The standard InChI is InChI=1S/C27H27N3O3S/c1-16(2)15-32-22-8-5-19(6-9-22)25(31)30-27(34)28-21-7-10-24-23(14-21)29-26(33-24)20-12-17(3)11-18(4)13-20/h5-14,16H,15H2,1-4H3,(H2,28,30,31,34). The summed E-state index contributed by atoms with van der Waals surface area (Å²) in [4.78, 5) is 17.2. The molecule has 0 saturated heterocycles. The summed E-state index contributed by atoms with van der Waals surface area (Å²) in [5.74, 6) is 1.43. The average Bonchev–Trinajstić information content (AvgIpc) is 3.21. The van der Waals surface area contributed by atoms with Gasteiger partial charge in [-0.15, -0.1) is 0 Å². The van der Waals surface area contributed by atoms with E-state index in [0.29, 0.717) is 40.8 Å². The lowest BCUT2D eigenvalue weighted by molar-refractivity contribution is 0.0977. The highest BCUT2D eigenvalue weighted by molar-refractivity contribution is 7.80. The van der Waals surface area contributed by atoms with Crippen LogP contribution in [0.15, 0.2) is 65.1 Å². The Morgan fingerprint density at radius 1 is 1.03 bits per heavy atom. The van der Waals surface area contributed by atoms with Gasteiger partial charge in [-0.25, -0.2) is 4.98 Å². The van der Waals surface area contributed by atoms with Crippen molar-refractivity contribution in [2.24, 2.45) is 5.92 Å². The first-order valence-corrected chi connectivity index (χ1v) is 11.5. The minimum atomic E-state index is -0.299. The Kier molecular flexibility index (Phi) is 6.93. The number of fused-ring (bicyclic) bond motifs is 1. The van der Waals surface area contributed by atoms with Crippen LogP contribution in [0.4, 0.5) is 5.69 Å². The molecule has 0 radical (unpaired) electrons. The van der Waals surface area contributed by atoms with E-state index in [2.05, 4.69) is 35.5 Å². The lowest BCUT2D eigenvalue weighted by Gasteiger charge is -2.11. The van der Waals surface area contributed by atoms with E-state index in [4.69, 9.17) is 21.4 Å². The molecule has 0 aliphatic rings. The van der Waals surface area contributed by atoms with Crippen molar-refractivity contribution >= 4 is 40.0 Å². The van der Waals surface area contributed by atoms with Crippen LogP contribution in [0.1, 0.15) is 35.3 Å². The number of hydrogen-bond acceptors (Lipinski definition) is 5. The zero-order valence-electron chi connectivity index (χ0n) is 19.6. The monoisotopic (exact) mass is 473 g/mol. The fraction of sp³-hybridized carbons (Fsp3) is 0.222. The number of benzene rings is 3. The Morgan fingerprint density at radius 3 is 2.41 bits per heavy atom. The van der Waals surface area contributed by atoms with Crippen LogP contribution in [0.5, 0.6) is 5.75 Å². The van der Waals surface area contributed by atoms with Crippen molar-refractivity contribution in [3.8, 4) is 17.2 Å². The van der Waals surface area contributed by atoms with Crippen molar-refractivity contribution in [1.29, 1.82) is 0 Å². The molecule has 0 atom stereocenters. The summed E-state index contributed by atoms with van der Waals surface area (Å²) in [5.41, 5.74) is 5.81. The normalized spacial score (nSPS) is 11.0. The predicted octanol–water partition coefficient (Wildman–Crippen LogP) is 6.27. The van der Waals surface area contributed by atoms with Gasteiger partial charge in [0, 0.05) is 16.8 Å². The molecule has 3 aromatic carbocycles. The van der Waals surface area contributed by atoms with Crippen LogP contribution in [0, 0.1) is 19.8 Å². The number of thiocarbonyl (C=S) groups is 1. The average molecular weight is 474 g/mol. The van der Waals surface area contributed by atoms with Crippen molar-refractivity contribution in [1.82, 2.24) is 10.3 Å². The summed E-state index contributed by atoms with van der Waals surface area (Å²) in [6.07, 6.45) is 0. The maximum Gasteiger partial charge on any atom is 0.257 e. The van der Waals surface area contributed by atoms with Crippen molar-refractivity contribution in [3.63, 3.8) is 0 Å². The fourth-order valence-electron chi connectivity index (χ4n) is 3.53. The summed E-state index contributed by atoms with van der Waals surface area (Å²) in [7, 11) is 0. The fourth-order valence-corrected chi connectivity index (χ4v) is 3.74. The molecule has 174 valence electrons. The third-order valence-electron chi connectivity index (χ3n) is 5.04. The second kappa shape index (κ2) is 10.1. The number of hydrogen-bond donors (Lipinski definition) is 2. The van der Waals surface area contributed by atoms with E-state index in [1.165, 1.54) is 0 Å². The molecule has 0 fully saturated rings. The lowest BCUT2D eigenvalue weighted by Crippen LogP contribution is -2.34. The number of ether oxygens (including phenoxy) is 1.